The third kappa shape index (κ3) is 4.05. The van der Waals surface area contributed by atoms with Gasteiger partial charge in [-0.25, -0.2) is 0 Å². The Morgan fingerprint density at radius 3 is 2.54 bits per heavy atom. The Bertz CT molecular complexity index is 1010. The Balaban J connectivity index is 1.49. The molecule has 1 aliphatic heterocycles. The van der Waals surface area contributed by atoms with Crippen LogP contribution in [0.15, 0.2) is 66.7 Å². The summed E-state index contributed by atoms with van der Waals surface area (Å²) in [5, 5.41) is 7.85. The molecule has 0 spiro atoms. The number of anilines is 1. The fraction of sp³-hybridized carbons (Fsp3) is 0.217. The highest BCUT2D eigenvalue weighted by molar-refractivity contribution is 6.10. The van der Waals surface area contributed by atoms with E-state index in [0.717, 1.165) is 30.2 Å². The molecule has 3 aromatic rings. The summed E-state index contributed by atoms with van der Waals surface area (Å²) in [6, 6.07) is 20.5. The van der Waals surface area contributed by atoms with Crippen LogP contribution in [0.3, 0.4) is 0 Å². The van der Waals surface area contributed by atoms with Gasteiger partial charge in [-0.05, 0) is 47.9 Å². The lowest BCUT2D eigenvalue weighted by Gasteiger charge is -2.14. The molecule has 5 nitrogen and oxygen atoms in total. The predicted molar refractivity (Wildman–Crippen MR) is 110 cm³/mol. The fourth-order valence-corrected chi connectivity index (χ4v) is 3.42. The summed E-state index contributed by atoms with van der Waals surface area (Å²) in [6.07, 6.45) is 2.06. The Morgan fingerprint density at radius 1 is 0.929 bits per heavy atom. The number of hydrogen-bond donors (Lipinski definition) is 2. The van der Waals surface area contributed by atoms with Crippen LogP contribution in [0, 0.1) is 0 Å². The third-order valence-electron chi connectivity index (χ3n) is 4.95. The molecule has 1 aliphatic rings. The van der Waals surface area contributed by atoms with Crippen molar-refractivity contribution >= 4 is 28.3 Å². The Labute approximate surface area is 163 Å². The van der Waals surface area contributed by atoms with Gasteiger partial charge in [-0.15, -0.1) is 0 Å². The molecule has 0 aliphatic carbocycles. The van der Waals surface area contributed by atoms with Crippen molar-refractivity contribution in [2.75, 3.05) is 18.5 Å². The second-order valence-electron chi connectivity index (χ2n) is 6.91. The van der Waals surface area contributed by atoms with E-state index in [0.29, 0.717) is 23.4 Å². The minimum atomic E-state index is -0.245. The van der Waals surface area contributed by atoms with Gasteiger partial charge in [-0.2, -0.15) is 0 Å². The molecule has 1 fully saturated rings. The maximum absolute atomic E-state index is 12.7. The summed E-state index contributed by atoms with van der Waals surface area (Å²) in [5.41, 5.74) is 1.48. The van der Waals surface area contributed by atoms with E-state index in [1.165, 1.54) is 0 Å². The number of carbonyl (C=O) groups excluding carboxylic acids is 2. The summed E-state index contributed by atoms with van der Waals surface area (Å²) in [5.74, 6) is -0.463. The van der Waals surface area contributed by atoms with Gasteiger partial charge in [0.1, 0.15) is 0 Å². The fourth-order valence-electron chi connectivity index (χ4n) is 3.42. The van der Waals surface area contributed by atoms with Crippen molar-refractivity contribution in [2.24, 2.45) is 0 Å². The molecule has 2 N–H and O–H groups in total. The number of nitrogens with one attached hydrogen (secondary N) is 2. The van der Waals surface area contributed by atoms with Crippen LogP contribution in [-0.4, -0.2) is 31.1 Å². The van der Waals surface area contributed by atoms with Crippen molar-refractivity contribution in [1.82, 2.24) is 5.32 Å². The van der Waals surface area contributed by atoms with Gasteiger partial charge in [0.15, 0.2) is 0 Å². The third-order valence-corrected chi connectivity index (χ3v) is 4.95. The van der Waals surface area contributed by atoms with Crippen LogP contribution in [0.1, 0.15) is 33.6 Å². The van der Waals surface area contributed by atoms with E-state index in [2.05, 4.69) is 10.6 Å². The molecule has 1 atom stereocenters. The second kappa shape index (κ2) is 8.23. The molecule has 5 heteroatoms. The molecule has 3 aromatic carbocycles. The highest BCUT2D eigenvalue weighted by Crippen LogP contribution is 2.19. The van der Waals surface area contributed by atoms with Crippen LogP contribution < -0.4 is 10.6 Å². The number of ether oxygens (including phenoxy) is 1. The first-order valence-corrected chi connectivity index (χ1v) is 9.50. The molecule has 0 radical (unpaired) electrons. The van der Waals surface area contributed by atoms with Gasteiger partial charge in [0, 0.05) is 18.7 Å². The molecule has 0 aromatic heterocycles. The lowest BCUT2D eigenvalue weighted by atomic mass is 10.1. The highest BCUT2D eigenvalue weighted by Gasteiger charge is 2.18. The number of benzene rings is 3. The normalized spacial score (nSPS) is 16.1. The van der Waals surface area contributed by atoms with Gasteiger partial charge >= 0.3 is 0 Å². The minimum Gasteiger partial charge on any atom is -0.376 e. The molecule has 28 heavy (non-hydrogen) atoms. The standard InChI is InChI=1S/C23H22N2O3/c26-22(18-12-11-16-6-1-2-7-17(16)14-18)25-21-10-4-3-9-20(21)23(27)24-15-19-8-5-13-28-19/h1-4,6-7,9-12,14,19H,5,8,13,15H2,(H,24,27)(H,25,26)/t19-/m1/s1. The number of hydrogen-bond acceptors (Lipinski definition) is 3. The highest BCUT2D eigenvalue weighted by atomic mass is 16.5. The average Bonchev–Trinajstić information content (AvgIpc) is 3.25. The number of carbonyl (C=O) groups is 2. The largest absolute Gasteiger partial charge is 0.376 e. The molecule has 1 heterocycles. The first kappa shape index (κ1) is 18.2. The number of amides is 2. The first-order chi connectivity index (χ1) is 13.7. The monoisotopic (exact) mass is 374 g/mol. The molecule has 4 rings (SSSR count). The molecular weight excluding hydrogens is 352 g/mol. The summed E-state index contributed by atoms with van der Waals surface area (Å²) in [4.78, 5) is 25.3. The van der Waals surface area contributed by atoms with Crippen LogP contribution in [-0.2, 0) is 4.74 Å². The van der Waals surface area contributed by atoms with E-state index in [-0.39, 0.29) is 17.9 Å². The quantitative estimate of drug-likeness (QED) is 0.709. The number of para-hydroxylation sites is 1. The zero-order valence-corrected chi connectivity index (χ0v) is 15.5. The average molecular weight is 374 g/mol. The molecule has 0 bridgehead atoms. The topological polar surface area (TPSA) is 67.4 Å². The second-order valence-corrected chi connectivity index (χ2v) is 6.91. The van der Waals surface area contributed by atoms with E-state index < -0.39 is 0 Å². The van der Waals surface area contributed by atoms with Crippen LogP contribution >= 0.6 is 0 Å². The molecule has 0 saturated carbocycles. The Kier molecular flexibility index (Phi) is 5.35. The van der Waals surface area contributed by atoms with Crippen LogP contribution in [0.2, 0.25) is 0 Å². The van der Waals surface area contributed by atoms with E-state index in [1.54, 1.807) is 30.3 Å². The predicted octanol–water partition coefficient (Wildman–Crippen LogP) is 4.00. The lowest BCUT2D eigenvalue weighted by Crippen LogP contribution is -2.32. The van der Waals surface area contributed by atoms with Crippen LogP contribution in [0.25, 0.3) is 10.8 Å². The van der Waals surface area contributed by atoms with Gasteiger partial charge in [0.25, 0.3) is 11.8 Å². The van der Waals surface area contributed by atoms with Gasteiger partial charge < -0.3 is 15.4 Å². The number of rotatable bonds is 5. The van der Waals surface area contributed by atoms with Crippen molar-refractivity contribution in [3.8, 4) is 0 Å². The van der Waals surface area contributed by atoms with Crippen molar-refractivity contribution in [3.63, 3.8) is 0 Å². The molecule has 1 saturated heterocycles. The zero-order chi connectivity index (χ0) is 19.3. The lowest BCUT2D eigenvalue weighted by molar-refractivity contribution is 0.0858. The van der Waals surface area contributed by atoms with Gasteiger partial charge in [-0.3, -0.25) is 9.59 Å². The summed E-state index contributed by atoms with van der Waals surface area (Å²) in [7, 11) is 0. The molecule has 2 amide bonds. The maximum atomic E-state index is 12.7. The summed E-state index contributed by atoms with van der Waals surface area (Å²) < 4.78 is 5.54. The maximum Gasteiger partial charge on any atom is 0.255 e. The van der Waals surface area contributed by atoms with E-state index in [4.69, 9.17) is 4.74 Å². The Hall–Kier alpha value is -3.18. The molecular formula is C23H22N2O3. The first-order valence-electron chi connectivity index (χ1n) is 9.50. The van der Waals surface area contributed by atoms with E-state index in [1.807, 2.05) is 36.4 Å². The van der Waals surface area contributed by atoms with Crippen molar-refractivity contribution < 1.29 is 14.3 Å². The van der Waals surface area contributed by atoms with Gasteiger partial charge in [0.2, 0.25) is 0 Å². The van der Waals surface area contributed by atoms with Crippen molar-refractivity contribution in [3.05, 3.63) is 77.9 Å². The van der Waals surface area contributed by atoms with Crippen LogP contribution in [0.5, 0.6) is 0 Å². The summed E-state index contributed by atoms with van der Waals surface area (Å²) in [6.45, 7) is 1.23. The van der Waals surface area contributed by atoms with Gasteiger partial charge in [0.05, 0.1) is 17.4 Å². The smallest absolute Gasteiger partial charge is 0.255 e. The van der Waals surface area contributed by atoms with Crippen LogP contribution in [0.4, 0.5) is 5.69 Å². The van der Waals surface area contributed by atoms with Crippen molar-refractivity contribution in [2.45, 2.75) is 18.9 Å². The molecule has 0 unspecified atom stereocenters. The van der Waals surface area contributed by atoms with Crippen molar-refractivity contribution in [1.29, 1.82) is 0 Å². The summed E-state index contributed by atoms with van der Waals surface area (Å²) >= 11 is 0. The Morgan fingerprint density at radius 2 is 1.71 bits per heavy atom. The SMILES string of the molecule is O=C(Nc1ccccc1C(=O)NC[C@H]1CCCO1)c1ccc2ccccc2c1. The van der Waals surface area contributed by atoms with E-state index in [9.17, 15) is 9.59 Å². The van der Waals surface area contributed by atoms with E-state index >= 15 is 0 Å². The number of fused-ring (bicyclic) bond motifs is 1. The zero-order valence-electron chi connectivity index (χ0n) is 15.5. The molecule has 142 valence electrons. The van der Waals surface area contributed by atoms with Gasteiger partial charge in [-0.1, -0.05) is 42.5 Å². The minimum absolute atomic E-state index is 0.0725.